The highest BCUT2D eigenvalue weighted by atomic mass is 79.9. The molecule has 0 unspecified atom stereocenters. The molecule has 6 rings (SSSR count). The fraction of sp³-hybridized carbons (Fsp3) is 0.720. The van der Waals surface area contributed by atoms with Gasteiger partial charge in [0.05, 0.1) is 6.61 Å². The molecular weight excluding hydrogens is 504 g/mol. The lowest BCUT2D eigenvalue weighted by Gasteiger charge is -2.60. The number of amides is 2. The Bertz CT molecular complexity index is 887. The monoisotopic (exact) mass is 538 g/mol. The van der Waals surface area contributed by atoms with Gasteiger partial charge in [-0.25, -0.2) is 14.6 Å². The molecule has 4 aliphatic heterocycles. The summed E-state index contributed by atoms with van der Waals surface area (Å²) in [6.45, 7) is 7.41. The van der Waals surface area contributed by atoms with Crippen LogP contribution in [0.25, 0.3) is 0 Å². The maximum Gasteiger partial charge on any atom is 0.319 e. The molecule has 0 radical (unpaired) electrons. The number of ether oxygens (including phenoxy) is 3. The summed E-state index contributed by atoms with van der Waals surface area (Å²) in [5.41, 5.74) is 0.174. The predicted octanol–water partition coefficient (Wildman–Crippen LogP) is 5.19. The lowest BCUT2D eigenvalue weighted by molar-refractivity contribution is -0.577. The van der Waals surface area contributed by atoms with Crippen LogP contribution < -0.4 is 10.6 Å². The van der Waals surface area contributed by atoms with Crippen LogP contribution in [-0.2, 0) is 24.0 Å². The highest BCUT2D eigenvalue weighted by Crippen LogP contribution is 2.60. The Morgan fingerprint density at radius 1 is 1.15 bits per heavy atom. The van der Waals surface area contributed by atoms with E-state index in [2.05, 4.69) is 40.4 Å². The fourth-order valence-electron chi connectivity index (χ4n) is 6.24. The first-order valence-corrected chi connectivity index (χ1v) is 13.2. The van der Waals surface area contributed by atoms with Crippen molar-refractivity contribution >= 4 is 27.6 Å². The van der Waals surface area contributed by atoms with Crippen molar-refractivity contribution in [1.82, 2.24) is 5.32 Å². The fourth-order valence-corrected chi connectivity index (χ4v) is 6.51. The second-order valence-electron chi connectivity index (χ2n) is 10.4. The molecule has 8 atom stereocenters. The molecule has 5 aliphatic rings. The summed E-state index contributed by atoms with van der Waals surface area (Å²) in [4.78, 5) is 24.1. The Labute approximate surface area is 209 Å². The van der Waals surface area contributed by atoms with E-state index in [9.17, 15) is 4.79 Å². The highest BCUT2D eigenvalue weighted by molar-refractivity contribution is 9.10. The Kier molecular flexibility index (Phi) is 6.96. The first kappa shape index (κ1) is 24.5. The number of hydrogen-bond acceptors (Lipinski definition) is 6. The molecule has 34 heavy (non-hydrogen) atoms. The molecule has 1 aromatic rings. The van der Waals surface area contributed by atoms with E-state index in [1.807, 2.05) is 31.2 Å². The van der Waals surface area contributed by atoms with Crippen molar-refractivity contribution in [2.24, 2.45) is 23.7 Å². The molecule has 1 spiro atoms. The molecule has 1 aromatic carbocycles. The molecule has 1 aliphatic carbocycles. The van der Waals surface area contributed by atoms with Gasteiger partial charge in [-0.1, -0.05) is 29.8 Å². The number of anilines is 1. The number of carbonyl (C=O) groups excluding carboxylic acids is 1. The van der Waals surface area contributed by atoms with E-state index in [0.717, 1.165) is 29.4 Å². The van der Waals surface area contributed by atoms with Gasteiger partial charge in [0.15, 0.2) is 18.2 Å². The van der Waals surface area contributed by atoms with Gasteiger partial charge in [0, 0.05) is 35.0 Å². The third-order valence-electron chi connectivity index (χ3n) is 8.09. The largest absolute Gasteiger partial charge is 0.352 e. The predicted molar refractivity (Wildman–Crippen MR) is 129 cm³/mol. The van der Waals surface area contributed by atoms with Gasteiger partial charge in [-0.3, -0.25) is 0 Å². The van der Waals surface area contributed by atoms with Crippen molar-refractivity contribution in [3.05, 3.63) is 28.7 Å². The van der Waals surface area contributed by atoms with Crippen molar-refractivity contribution in [3.8, 4) is 0 Å². The average Bonchev–Trinajstić information content (AvgIpc) is 3.04. The van der Waals surface area contributed by atoms with E-state index in [0.29, 0.717) is 31.4 Å². The van der Waals surface area contributed by atoms with Gasteiger partial charge in [0.25, 0.3) is 0 Å². The van der Waals surface area contributed by atoms with Crippen LogP contribution in [0.15, 0.2) is 28.7 Å². The summed E-state index contributed by atoms with van der Waals surface area (Å²) in [6, 6.07) is 7.22. The Morgan fingerprint density at radius 2 is 1.94 bits per heavy atom. The normalized spacial score (nSPS) is 40.8. The first-order chi connectivity index (χ1) is 16.3. The Morgan fingerprint density at radius 3 is 2.74 bits per heavy atom. The Hall–Kier alpha value is -1.23. The minimum absolute atomic E-state index is 0.148. The molecule has 2 bridgehead atoms. The van der Waals surface area contributed by atoms with Crippen LogP contribution in [-0.4, -0.2) is 43.2 Å². The van der Waals surface area contributed by atoms with Crippen molar-refractivity contribution in [3.63, 3.8) is 0 Å². The van der Waals surface area contributed by atoms with E-state index in [1.54, 1.807) is 0 Å². The van der Waals surface area contributed by atoms with Gasteiger partial charge in [-0.2, -0.15) is 0 Å². The number of urea groups is 1. The maximum absolute atomic E-state index is 12.1. The van der Waals surface area contributed by atoms with Gasteiger partial charge in [-0.05, 0) is 68.7 Å². The number of hydrogen-bond donors (Lipinski definition) is 2. The van der Waals surface area contributed by atoms with Crippen LogP contribution >= 0.6 is 15.9 Å². The third-order valence-corrected chi connectivity index (χ3v) is 8.62. The molecule has 4 saturated heterocycles. The number of benzene rings is 1. The zero-order chi connectivity index (χ0) is 23.9. The quantitative estimate of drug-likeness (QED) is 0.383. The summed E-state index contributed by atoms with van der Waals surface area (Å²) < 4.78 is 19.9. The van der Waals surface area contributed by atoms with Gasteiger partial charge < -0.3 is 24.8 Å². The molecule has 188 valence electrons. The molecule has 8 nitrogen and oxygen atoms in total. The molecule has 2 N–H and O–H groups in total. The van der Waals surface area contributed by atoms with Crippen molar-refractivity contribution in [1.29, 1.82) is 0 Å². The van der Waals surface area contributed by atoms with E-state index >= 15 is 0 Å². The maximum atomic E-state index is 12.1. The van der Waals surface area contributed by atoms with Crippen LogP contribution in [0.3, 0.4) is 0 Å². The molecule has 0 aromatic heterocycles. The minimum atomic E-state index is -0.783. The molecule has 5 fully saturated rings. The first-order valence-electron chi connectivity index (χ1n) is 12.4. The van der Waals surface area contributed by atoms with Gasteiger partial charge in [-0.15, -0.1) is 0 Å². The van der Waals surface area contributed by atoms with E-state index in [4.69, 9.17) is 24.0 Å². The van der Waals surface area contributed by atoms with Crippen LogP contribution in [0.5, 0.6) is 0 Å². The standard InChI is InChI=1S/C25H35BrN2O6/c1-15-5-10-20-16(2)21(31-22-25(20)19(15)11-12-24(3,32-22)33-34-25)30-14-4-13-27-23(29)28-18-8-6-17(26)7-9-18/h6-9,15-16,19-22H,4-5,10-14H2,1-3H3,(H2,27,28,29)/t15-,16-,19+,20+,21-,22-,24+,25-/m1/s1. The van der Waals surface area contributed by atoms with Crippen molar-refractivity contribution in [2.75, 3.05) is 18.5 Å². The van der Waals surface area contributed by atoms with E-state index in [-0.39, 0.29) is 24.2 Å². The van der Waals surface area contributed by atoms with E-state index in [1.165, 1.54) is 6.42 Å². The van der Waals surface area contributed by atoms with Crippen LogP contribution in [0, 0.1) is 23.7 Å². The summed E-state index contributed by atoms with van der Waals surface area (Å²) >= 11 is 3.39. The average molecular weight is 539 g/mol. The summed E-state index contributed by atoms with van der Waals surface area (Å²) in [5.74, 6) is 0.491. The van der Waals surface area contributed by atoms with Crippen molar-refractivity contribution < 1.29 is 28.8 Å². The second kappa shape index (κ2) is 9.67. The van der Waals surface area contributed by atoms with Crippen LogP contribution in [0.4, 0.5) is 10.5 Å². The SMILES string of the molecule is C[C@H]1[C@H](OCCCNC(=O)Nc2ccc(Br)cc2)O[C@@H]2O[C@]3(C)CC[C@H]4[C@H](C)CC[C@@H]1[C@@]24OO3. The smallest absolute Gasteiger partial charge is 0.319 e. The summed E-state index contributed by atoms with van der Waals surface area (Å²) in [7, 11) is 0. The number of rotatable bonds is 6. The lowest BCUT2D eigenvalue weighted by atomic mass is 9.58. The minimum Gasteiger partial charge on any atom is -0.352 e. The molecule has 1 saturated carbocycles. The zero-order valence-corrected chi connectivity index (χ0v) is 21.6. The highest BCUT2D eigenvalue weighted by Gasteiger charge is 2.69. The van der Waals surface area contributed by atoms with Gasteiger partial charge in [0.2, 0.25) is 5.79 Å². The Balaban J connectivity index is 1.14. The topological polar surface area (TPSA) is 87.3 Å². The number of halogens is 1. The van der Waals surface area contributed by atoms with Crippen molar-refractivity contribution in [2.45, 2.75) is 76.8 Å². The summed E-state index contributed by atoms with van der Waals surface area (Å²) in [5, 5.41) is 5.69. The zero-order valence-electron chi connectivity index (χ0n) is 20.1. The third kappa shape index (κ3) is 4.51. The number of fused-ring (bicyclic) bond motifs is 2. The molecular formula is C25H35BrN2O6. The molecule has 9 heteroatoms. The van der Waals surface area contributed by atoms with Crippen LogP contribution in [0.2, 0.25) is 0 Å². The number of carbonyl (C=O) groups is 1. The second-order valence-corrected chi connectivity index (χ2v) is 11.3. The lowest BCUT2D eigenvalue weighted by Crippen LogP contribution is -2.70. The molecule has 4 heterocycles. The van der Waals surface area contributed by atoms with Crippen LogP contribution in [0.1, 0.15) is 52.9 Å². The summed E-state index contributed by atoms with van der Waals surface area (Å²) in [6.07, 6.45) is 3.82. The van der Waals surface area contributed by atoms with Gasteiger partial charge >= 0.3 is 6.03 Å². The number of nitrogens with one attached hydrogen (secondary N) is 2. The molecule has 2 amide bonds. The van der Waals surface area contributed by atoms with Gasteiger partial charge in [0.1, 0.15) is 0 Å². The van der Waals surface area contributed by atoms with E-state index < -0.39 is 17.7 Å².